The van der Waals surface area contributed by atoms with Crippen molar-refractivity contribution >= 4 is 17.2 Å². The van der Waals surface area contributed by atoms with E-state index in [0.717, 1.165) is 28.2 Å². The van der Waals surface area contributed by atoms with E-state index in [2.05, 4.69) is 25.1 Å². The Morgan fingerprint density at radius 3 is 2.81 bits per heavy atom. The number of alkyl halides is 2. The van der Waals surface area contributed by atoms with E-state index in [1.165, 1.54) is 6.07 Å². The standard InChI is InChI=1S/C19H13F2N3O2/c20-19(21)25-15-7-3-6-14(17(15)26-19)24-13-8-9-22-18-16(13)12-5-2-1-4-11(12)10-23-18/h1-9H,10H2,(H2,22,23,24). The molecule has 0 spiro atoms. The summed E-state index contributed by atoms with van der Waals surface area (Å²) in [5.74, 6) is 0.727. The molecule has 1 aromatic heterocycles. The average Bonchev–Trinajstić information content (AvgIpc) is 2.96. The van der Waals surface area contributed by atoms with Crippen molar-refractivity contribution in [2.24, 2.45) is 0 Å². The Labute approximate surface area is 147 Å². The average molecular weight is 353 g/mol. The van der Waals surface area contributed by atoms with Crippen LogP contribution in [-0.2, 0) is 6.54 Å². The minimum atomic E-state index is -3.66. The van der Waals surface area contributed by atoms with Gasteiger partial charge in [0.05, 0.1) is 11.4 Å². The number of halogens is 2. The fraction of sp³-hybridized carbons (Fsp3) is 0.105. The summed E-state index contributed by atoms with van der Waals surface area (Å²) in [5.41, 5.74) is 4.21. The number of para-hydroxylation sites is 1. The van der Waals surface area contributed by atoms with Crippen LogP contribution in [0.25, 0.3) is 11.1 Å². The van der Waals surface area contributed by atoms with Crippen LogP contribution in [0.1, 0.15) is 5.56 Å². The second kappa shape index (κ2) is 5.32. The third-order valence-electron chi connectivity index (χ3n) is 4.38. The molecule has 0 bridgehead atoms. The lowest BCUT2D eigenvalue weighted by molar-refractivity contribution is -0.286. The molecule has 0 fully saturated rings. The predicted octanol–water partition coefficient (Wildman–Crippen LogP) is 4.74. The maximum Gasteiger partial charge on any atom is 0.586 e. The number of fused-ring (bicyclic) bond motifs is 4. The molecule has 2 aromatic carbocycles. The number of nitrogens with one attached hydrogen (secondary N) is 2. The summed E-state index contributed by atoms with van der Waals surface area (Å²) in [6, 6.07) is 14.5. The second-order valence-electron chi connectivity index (χ2n) is 6.02. The molecule has 0 amide bonds. The highest BCUT2D eigenvalue weighted by molar-refractivity contribution is 5.92. The van der Waals surface area contributed by atoms with Gasteiger partial charge in [-0.15, -0.1) is 8.78 Å². The molecule has 0 saturated carbocycles. The largest absolute Gasteiger partial charge is 0.586 e. The van der Waals surface area contributed by atoms with Crippen LogP contribution in [0.15, 0.2) is 54.7 Å². The summed E-state index contributed by atoms with van der Waals surface area (Å²) in [4.78, 5) is 4.39. The minimum Gasteiger partial charge on any atom is -0.395 e. The second-order valence-corrected chi connectivity index (χ2v) is 6.02. The van der Waals surface area contributed by atoms with Crippen molar-refractivity contribution < 1.29 is 18.3 Å². The summed E-state index contributed by atoms with van der Waals surface area (Å²) >= 11 is 0. The molecular formula is C19H13F2N3O2. The molecule has 2 aliphatic heterocycles. The third kappa shape index (κ3) is 2.32. The number of rotatable bonds is 2. The Kier molecular flexibility index (Phi) is 3.06. The molecule has 5 nitrogen and oxygen atoms in total. The van der Waals surface area contributed by atoms with Crippen LogP contribution < -0.4 is 20.1 Å². The number of hydrogen-bond acceptors (Lipinski definition) is 5. The van der Waals surface area contributed by atoms with Crippen molar-refractivity contribution in [2.45, 2.75) is 12.8 Å². The van der Waals surface area contributed by atoms with Crippen molar-refractivity contribution in [1.29, 1.82) is 0 Å². The first-order chi connectivity index (χ1) is 12.6. The Bertz CT molecular complexity index is 1020. The fourth-order valence-electron chi connectivity index (χ4n) is 3.28. The molecular weight excluding hydrogens is 340 g/mol. The van der Waals surface area contributed by atoms with Gasteiger partial charge in [0.2, 0.25) is 0 Å². The van der Waals surface area contributed by atoms with Crippen molar-refractivity contribution in [1.82, 2.24) is 4.98 Å². The number of nitrogens with zero attached hydrogens (tertiary/aromatic N) is 1. The highest BCUT2D eigenvalue weighted by Gasteiger charge is 2.44. The quantitative estimate of drug-likeness (QED) is 0.697. The number of hydrogen-bond donors (Lipinski definition) is 2. The van der Waals surface area contributed by atoms with E-state index < -0.39 is 6.29 Å². The van der Waals surface area contributed by atoms with E-state index in [-0.39, 0.29) is 11.5 Å². The summed E-state index contributed by atoms with van der Waals surface area (Å²) in [6.07, 6.45) is -2.00. The van der Waals surface area contributed by atoms with Crippen LogP contribution in [0.3, 0.4) is 0 Å². The molecule has 0 radical (unpaired) electrons. The minimum absolute atomic E-state index is 0.00134. The third-order valence-corrected chi connectivity index (χ3v) is 4.38. The SMILES string of the molecule is FC1(F)Oc2cccc(Nc3ccnc4c3-c3ccccc3CN4)c2O1. The molecule has 0 aliphatic carbocycles. The molecule has 7 heteroatoms. The topological polar surface area (TPSA) is 55.4 Å². The molecule has 3 heterocycles. The maximum atomic E-state index is 13.4. The monoisotopic (exact) mass is 353 g/mol. The van der Waals surface area contributed by atoms with Crippen LogP contribution in [0, 0.1) is 0 Å². The van der Waals surface area contributed by atoms with Gasteiger partial charge in [0, 0.05) is 18.3 Å². The Balaban J connectivity index is 1.60. The first-order valence-electron chi connectivity index (χ1n) is 8.08. The molecule has 2 N–H and O–H groups in total. The summed E-state index contributed by atoms with van der Waals surface area (Å²) in [7, 11) is 0. The van der Waals surface area contributed by atoms with Gasteiger partial charge < -0.3 is 20.1 Å². The van der Waals surface area contributed by atoms with Gasteiger partial charge in [-0.3, -0.25) is 0 Å². The fourth-order valence-corrected chi connectivity index (χ4v) is 3.28. The lowest BCUT2D eigenvalue weighted by Crippen LogP contribution is -2.26. The number of anilines is 3. The lowest BCUT2D eigenvalue weighted by atomic mass is 9.95. The van der Waals surface area contributed by atoms with Gasteiger partial charge in [-0.1, -0.05) is 30.3 Å². The molecule has 26 heavy (non-hydrogen) atoms. The summed E-state index contributed by atoms with van der Waals surface area (Å²) in [5, 5.41) is 6.48. The summed E-state index contributed by atoms with van der Waals surface area (Å²) < 4.78 is 36.1. The molecule has 5 rings (SSSR count). The van der Waals surface area contributed by atoms with Gasteiger partial charge in [0.1, 0.15) is 5.82 Å². The van der Waals surface area contributed by atoms with Crippen molar-refractivity contribution in [3.05, 3.63) is 60.3 Å². The van der Waals surface area contributed by atoms with Gasteiger partial charge in [0.15, 0.2) is 11.5 Å². The smallest absolute Gasteiger partial charge is 0.395 e. The number of ether oxygens (including phenoxy) is 2. The first kappa shape index (κ1) is 14.9. The summed E-state index contributed by atoms with van der Waals surface area (Å²) in [6.45, 7) is 0.684. The van der Waals surface area contributed by atoms with Crippen LogP contribution in [0.4, 0.5) is 26.0 Å². The van der Waals surface area contributed by atoms with Crippen molar-refractivity contribution in [2.75, 3.05) is 10.6 Å². The van der Waals surface area contributed by atoms with E-state index >= 15 is 0 Å². The van der Waals surface area contributed by atoms with Crippen molar-refractivity contribution in [3.8, 4) is 22.6 Å². The molecule has 2 aliphatic rings. The highest BCUT2D eigenvalue weighted by Crippen LogP contribution is 2.48. The molecule has 130 valence electrons. The molecule has 3 aromatic rings. The number of aromatic nitrogens is 1. The Morgan fingerprint density at radius 1 is 1.00 bits per heavy atom. The number of pyridine rings is 1. The zero-order valence-corrected chi connectivity index (χ0v) is 13.4. The molecule has 0 atom stereocenters. The maximum absolute atomic E-state index is 13.4. The van der Waals surface area contributed by atoms with Crippen LogP contribution in [0.2, 0.25) is 0 Å². The van der Waals surface area contributed by atoms with E-state index in [0.29, 0.717) is 12.2 Å². The van der Waals surface area contributed by atoms with Gasteiger partial charge in [-0.25, -0.2) is 4.98 Å². The zero-order valence-electron chi connectivity index (χ0n) is 13.4. The predicted molar refractivity (Wildman–Crippen MR) is 92.9 cm³/mol. The van der Waals surface area contributed by atoms with Gasteiger partial charge in [-0.2, -0.15) is 0 Å². The van der Waals surface area contributed by atoms with Crippen molar-refractivity contribution in [3.63, 3.8) is 0 Å². The van der Waals surface area contributed by atoms with Crippen LogP contribution in [0.5, 0.6) is 11.5 Å². The van der Waals surface area contributed by atoms with E-state index in [9.17, 15) is 8.78 Å². The zero-order chi connectivity index (χ0) is 17.7. The van der Waals surface area contributed by atoms with E-state index in [1.54, 1.807) is 24.4 Å². The van der Waals surface area contributed by atoms with E-state index in [4.69, 9.17) is 0 Å². The number of benzene rings is 2. The van der Waals surface area contributed by atoms with Crippen LogP contribution >= 0.6 is 0 Å². The molecule has 0 unspecified atom stereocenters. The first-order valence-corrected chi connectivity index (χ1v) is 8.08. The Morgan fingerprint density at radius 2 is 1.88 bits per heavy atom. The van der Waals surface area contributed by atoms with Crippen LogP contribution in [-0.4, -0.2) is 11.3 Å². The van der Waals surface area contributed by atoms with Gasteiger partial charge in [0.25, 0.3) is 0 Å². The lowest BCUT2D eigenvalue weighted by Gasteiger charge is -2.23. The normalized spacial score (nSPS) is 15.6. The molecule has 0 saturated heterocycles. The van der Waals surface area contributed by atoms with Gasteiger partial charge in [-0.05, 0) is 29.3 Å². The highest BCUT2D eigenvalue weighted by atomic mass is 19.3. The van der Waals surface area contributed by atoms with Gasteiger partial charge >= 0.3 is 6.29 Å². The van der Waals surface area contributed by atoms with E-state index in [1.807, 2.05) is 24.3 Å². The Hall–Kier alpha value is -3.35.